The van der Waals surface area contributed by atoms with Gasteiger partial charge in [0.15, 0.2) is 17.1 Å². The number of nitrogens with two attached hydrogens (primary N) is 1. The van der Waals surface area contributed by atoms with Crippen LogP contribution in [-0.2, 0) is 15.3 Å². The molecule has 120 valence electrons. The average molecular weight is 313 g/mol. The number of hydrogen-bond acceptors (Lipinski definition) is 8. The van der Waals surface area contributed by atoms with Crippen molar-refractivity contribution >= 4 is 11.5 Å². The van der Waals surface area contributed by atoms with Crippen molar-refractivity contribution in [2.75, 3.05) is 19.5 Å². The smallest absolute Gasteiger partial charge is 0.252 e. The van der Waals surface area contributed by atoms with Crippen molar-refractivity contribution in [3.05, 3.63) is 18.2 Å². The van der Waals surface area contributed by atoms with Gasteiger partial charge in [-0.1, -0.05) is 0 Å². The molecule has 0 amide bonds. The highest BCUT2D eigenvalue weighted by molar-refractivity contribution is 5.59. The summed E-state index contributed by atoms with van der Waals surface area (Å²) < 4.78 is 27.2. The van der Waals surface area contributed by atoms with Crippen LogP contribution in [0.2, 0.25) is 0 Å². The minimum Gasteiger partial charge on any atom is -0.394 e. The number of rotatable bonds is 3. The molecule has 10 heteroatoms. The normalized spacial score (nSPS) is 35.3. The molecule has 1 aliphatic rings. The van der Waals surface area contributed by atoms with E-state index in [2.05, 4.69) is 15.1 Å². The van der Waals surface area contributed by atoms with Crippen LogP contribution in [0.5, 0.6) is 0 Å². The minimum absolute atomic E-state index is 0.0964. The lowest BCUT2D eigenvalue weighted by Crippen LogP contribution is -2.50. The number of aliphatic hydroxyl groups is 2. The van der Waals surface area contributed by atoms with Gasteiger partial charge in [-0.15, -0.1) is 0 Å². The van der Waals surface area contributed by atoms with E-state index in [0.29, 0.717) is 0 Å². The van der Waals surface area contributed by atoms with E-state index in [1.54, 1.807) is 0 Å². The van der Waals surface area contributed by atoms with E-state index in [0.717, 1.165) is 6.92 Å². The Morgan fingerprint density at radius 2 is 2.27 bits per heavy atom. The molecule has 1 aliphatic heterocycles. The van der Waals surface area contributed by atoms with E-state index in [9.17, 15) is 10.2 Å². The number of methoxy groups -OCH3 is 1. The molecule has 1 saturated heterocycles. The van der Waals surface area contributed by atoms with E-state index in [1.165, 1.54) is 24.1 Å². The highest BCUT2D eigenvalue weighted by Crippen LogP contribution is 2.49. The second-order valence-corrected chi connectivity index (χ2v) is 5.20. The van der Waals surface area contributed by atoms with Crippen LogP contribution in [0.25, 0.3) is 5.65 Å². The van der Waals surface area contributed by atoms with Gasteiger partial charge in [0.1, 0.15) is 24.2 Å². The third-order valence-corrected chi connectivity index (χ3v) is 4.00. The molecule has 3 heterocycles. The zero-order chi connectivity index (χ0) is 16.1. The zero-order valence-electron chi connectivity index (χ0n) is 12.0. The summed E-state index contributed by atoms with van der Waals surface area (Å²) in [6.45, 7) is 0.556. The third-order valence-electron chi connectivity index (χ3n) is 4.00. The lowest BCUT2D eigenvalue weighted by Gasteiger charge is -2.34. The van der Waals surface area contributed by atoms with Crippen molar-refractivity contribution < 1.29 is 24.1 Å². The molecule has 0 saturated carbocycles. The van der Waals surface area contributed by atoms with E-state index < -0.39 is 30.3 Å². The molecule has 4 atom stereocenters. The molecule has 3 rings (SSSR count). The van der Waals surface area contributed by atoms with Crippen LogP contribution in [0.4, 0.5) is 10.2 Å². The summed E-state index contributed by atoms with van der Waals surface area (Å²) in [6, 6.07) is 0. The molecule has 0 aromatic carbocycles. The van der Waals surface area contributed by atoms with Gasteiger partial charge in [0, 0.05) is 7.11 Å². The Hall–Kier alpha value is -1.88. The SMILES string of the molecule is CO[C@@]1(c2cnc3c(N)ncnn23)O[C@H](CO)[C@@H](O)[C@@]1(C)F. The van der Waals surface area contributed by atoms with E-state index in [1.807, 2.05) is 0 Å². The fraction of sp³-hybridized carbons (Fsp3) is 0.583. The van der Waals surface area contributed by atoms with Crippen LogP contribution >= 0.6 is 0 Å². The summed E-state index contributed by atoms with van der Waals surface area (Å²) >= 11 is 0. The minimum atomic E-state index is -2.36. The number of aliphatic hydroxyl groups excluding tert-OH is 2. The number of halogens is 1. The van der Waals surface area contributed by atoms with Gasteiger partial charge >= 0.3 is 0 Å². The molecular weight excluding hydrogens is 297 g/mol. The Kier molecular flexibility index (Phi) is 3.29. The predicted octanol–water partition coefficient (Wildman–Crippen LogP) is -1.01. The number of alkyl halides is 1. The summed E-state index contributed by atoms with van der Waals surface area (Å²) in [4.78, 5) is 7.84. The Bertz CT molecular complexity index is 708. The van der Waals surface area contributed by atoms with Crippen LogP contribution in [0.15, 0.2) is 12.5 Å². The van der Waals surface area contributed by atoms with Crippen LogP contribution < -0.4 is 5.73 Å². The molecule has 9 nitrogen and oxygen atoms in total. The summed E-state index contributed by atoms with van der Waals surface area (Å²) in [7, 11) is 1.23. The molecule has 0 radical (unpaired) electrons. The molecule has 0 unspecified atom stereocenters. The first-order valence-corrected chi connectivity index (χ1v) is 6.54. The molecule has 2 aromatic heterocycles. The standard InChI is InChI=1S/C12H16FN5O4/c1-11(13)8(20)6(4-19)22-12(11,21-2)7-3-15-10-9(14)16-5-17-18(7)10/h3,5-6,8,19-20H,4H2,1-2H3,(H2,14,16,17)/t6-,8-,11-,12+/m1/s1. The van der Waals surface area contributed by atoms with Crippen molar-refractivity contribution in [1.29, 1.82) is 0 Å². The first-order valence-electron chi connectivity index (χ1n) is 6.54. The number of nitrogen functional groups attached to an aromatic ring is 1. The number of hydrogen-bond donors (Lipinski definition) is 3. The molecule has 2 aromatic rings. The van der Waals surface area contributed by atoms with E-state index >= 15 is 4.39 Å². The topological polar surface area (TPSA) is 128 Å². The fourth-order valence-electron chi connectivity index (χ4n) is 2.80. The van der Waals surface area contributed by atoms with Gasteiger partial charge in [0.25, 0.3) is 5.79 Å². The van der Waals surface area contributed by atoms with Crippen LogP contribution in [-0.4, -0.2) is 61.4 Å². The molecule has 0 aliphatic carbocycles. The van der Waals surface area contributed by atoms with Crippen LogP contribution in [0.3, 0.4) is 0 Å². The quantitative estimate of drug-likeness (QED) is 0.657. The van der Waals surface area contributed by atoms with Gasteiger partial charge in [-0.25, -0.2) is 18.9 Å². The number of anilines is 1. The Morgan fingerprint density at radius 1 is 1.55 bits per heavy atom. The molecule has 22 heavy (non-hydrogen) atoms. The maximum absolute atomic E-state index is 15.2. The number of ether oxygens (including phenoxy) is 2. The second kappa shape index (κ2) is 4.81. The third kappa shape index (κ3) is 1.69. The maximum Gasteiger partial charge on any atom is 0.252 e. The van der Waals surface area contributed by atoms with Gasteiger partial charge in [0.2, 0.25) is 0 Å². The van der Waals surface area contributed by atoms with Gasteiger partial charge in [-0.05, 0) is 6.92 Å². The van der Waals surface area contributed by atoms with E-state index in [4.69, 9.17) is 15.2 Å². The highest BCUT2D eigenvalue weighted by Gasteiger charge is 2.67. The molecule has 0 spiro atoms. The Labute approximate surface area is 124 Å². The first kappa shape index (κ1) is 15.0. The highest BCUT2D eigenvalue weighted by atomic mass is 19.1. The van der Waals surface area contributed by atoms with Crippen molar-refractivity contribution in [2.24, 2.45) is 0 Å². The van der Waals surface area contributed by atoms with Crippen LogP contribution in [0.1, 0.15) is 12.6 Å². The van der Waals surface area contributed by atoms with Crippen molar-refractivity contribution in [2.45, 2.75) is 30.6 Å². The number of aromatic nitrogens is 4. The second-order valence-electron chi connectivity index (χ2n) is 5.20. The largest absolute Gasteiger partial charge is 0.394 e. The number of imidazole rings is 1. The Balaban J connectivity index is 2.24. The molecular formula is C12H16FN5O4. The summed E-state index contributed by atoms with van der Waals surface area (Å²) in [6.07, 6.45) is -0.280. The van der Waals surface area contributed by atoms with Gasteiger partial charge in [0.05, 0.1) is 12.8 Å². The van der Waals surface area contributed by atoms with Gasteiger partial charge in [-0.3, -0.25) is 0 Å². The average Bonchev–Trinajstić information content (AvgIpc) is 3.01. The van der Waals surface area contributed by atoms with Crippen molar-refractivity contribution in [3.8, 4) is 0 Å². The lowest BCUT2D eigenvalue weighted by atomic mass is 9.90. The maximum atomic E-state index is 15.2. The number of fused-ring (bicyclic) bond motifs is 1. The molecule has 0 bridgehead atoms. The molecule has 1 fully saturated rings. The summed E-state index contributed by atoms with van der Waals surface area (Å²) in [5, 5.41) is 23.3. The van der Waals surface area contributed by atoms with E-state index in [-0.39, 0.29) is 17.2 Å². The molecule has 4 N–H and O–H groups in total. The lowest BCUT2D eigenvalue weighted by molar-refractivity contribution is -0.272. The monoisotopic (exact) mass is 313 g/mol. The van der Waals surface area contributed by atoms with Crippen LogP contribution in [0, 0.1) is 0 Å². The fourth-order valence-corrected chi connectivity index (χ4v) is 2.80. The zero-order valence-corrected chi connectivity index (χ0v) is 12.0. The predicted molar refractivity (Wildman–Crippen MR) is 71.4 cm³/mol. The van der Waals surface area contributed by atoms with Crippen molar-refractivity contribution in [3.63, 3.8) is 0 Å². The van der Waals surface area contributed by atoms with Crippen molar-refractivity contribution in [1.82, 2.24) is 19.6 Å². The number of nitrogens with zero attached hydrogens (tertiary/aromatic N) is 4. The van der Waals surface area contributed by atoms with Gasteiger partial charge < -0.3 is 25.4 Å². The Morgan fingerprint density at radius 3 is 2.86 bits per heavy atom. The summed E-state index contributed by atoms with van der Waals surface area (Å²) in [5.41, 5.74) is 3.65. The first-order chi connectivity index (χ1) is 10.4. The summed E-state index contributed by atoms with van der Waals surface area (Å²) in [5.74, 6) is -1.90. The van der Waals surface area contributed by atoms with Gasteiger partial charge in [-0.2, -0.15) is 5.10 Å².